The van der Waals surface area contributed by atoms with Crippen molar-refractivity contribution in [3.05, 3.63) is 83.9 Å². The van der Waals surface area contributed by atoms with Gasteiger partial charge < -0.3 is 44.5 Å². The summed E-state index contributed by atoms with van der Waals surface area (Å²) in [5.74, 6) is -1.00. The van der Waals surface area contributed by atoms with E-state index in [1.807, 2.05) is 0 Å². The number of ether oxygens (including phenoxy) is 4. The maximum atomic E-state index is 12.2. The monoisotopic (exact) mass is 512 g/mol. The van der Waals surface area contributed by atoms with Crippen LogP contribution in [0.2, 0.25) is 0 Å². The molecule has 4 rings (SSSR count). The number of phenolic OH excluding ortho intramolecular Hbond substituents is 2. The number of rotatable bonds is 7. The van der Waals surface area contributed by atoms with Gasteiger partial charge in [-0.15, -0.1) is 0 Å². The van der Waals surface area contributed by atoms with E-state index in [0.717, 1.165) is 0 Å². The number of hydrogen-bond donors (Lipinski definition) is 5. The first-order chi connectivity index (χ1) is 17.7. The van der Waals surface area contributed by atoms with E-state index in [0.29, 0.717) is 0 Å². The third-order valence-corrected chi connectivity index (χ3v) is 5.54. The summed E-state index contributed by atoms with van der Waals surface area (Å²) in [5.41, 5.74) is 0.393. The van der Waals surface area contributed by atoms with Crippen molar-refractivity contribution >= 4 is 11.9 Å². The first kappa shape index (κ1) is 25.9. The molecule has 1 aliphatic heterocycles. The molecule has 1 aliphatic rings. The normalized spacial score (nSPS) is 23.2. The van der Waals surface area contributed by atoms with E-state index in [2.05, 4.69) is 0 Å². The van der Waals surface area contributed by atoms with Crippen LogP contribution in [0.4, 0.5) is 0 Å². The van der Waals surface area contributed by atoms with Gasteiger partial charge in [-0.05, 0) is 72.8 Å². The topological polar surface area (TPSA) is 172 Å². The maximum absolute atomic E-state index is 12.2. The molecule has 1 saturated heterocycles. The van der Waals surface area contributed by atoms with Crippen LogP contribution < -0.4 is 9.47 Å². The van der Waals surface area contributed by atoms with Crippen LogP contribution in [0.3, 0.4) is 0 Å². The zero-order valence-electron chi connectivity index (χ0n) is 19.2. The van der Waals surface area contributed by atoms with Gasteiger partial charge in [0.05, 0.1) is 11.1 Å². The highest BCUT2D eigenvalue weighted by atomic mass is 16.7. The van der Waals surface area contributed by atoms with Crippen LogP contribution in [-0.2, 0) is 9.47 Å². The van der Waals surface area contributed by atoms with Crippen molar-refractivity contribution in [1.82, 2.24) is 0 Å². The van der Waals surface area contributed by atoms with Gasteiger partial charge in [0.25, 0.3) is 0 Å². The molecule has 0 saturated carbocycles. The van der Waals surface area contributed by atoms with Gasteiger partial charge in [-0.25, -0.2) is 9.59 Å². The van der Waals surface area contributed by atoms with Gasteiger partial charge >= 0.3 is 11.9 Å². The third-order valence-electron chi connectivity index (χ3n) is 5.54. The van der Waals surface area contributed by atoms with E-state index in [1.165, 1.54) is 72.8 Å². The first-order valence-corrected chi connectivity index (χ1v) is 11.1. The summed E-state index contributed by atoms with van der Waals surface area (Å²) in [6.45, 7) is -0.448. The molecule has 0 spiro atoms. The highest BCUT2D eigenvalue weighted by Crippen LogP contribution is 2.26. The summed E-state index contributed by atoms with van der Waals surface area (Å²) >= 11 is 0. The minimum Gasteiger partial charge on any atom is -0.508 e. The highest BCUT2D eigenvalue weighted by molar-refractivity contribution is 5.91. The average Bonchev–Trinajstić information content (AvgIpc) is 2.90. The Morgan fingerprint density at radius 2 is 1.19 bits per heavy atom. The summed E-state index contributed by atoms with van der Waals surface area (Å²) in [6, 6.07) is 16.6. The number of carbonyl (C=O) groups is 2. The Kier molecular flexibility index (Phi) is 7.89. The van der Waals surface area contributed by atoms with Gasteiger partial charge in [0.2, 0.25) is 6.29 Å². The second kappa shape index (κ2) is 11.3. The van der Waals surface area contributed by atoms with Gasteiger partial charge in [-0.3, -0.25) is 0 Å². The molecule has 0 aromatic heterocycles. The zero-order chi connectivity index (χ0) is 26.5. The Hall–Kier alpha value is -4.16. The van der Waals surface area contributed by atoms with Crippen molar-refractivity contribution < 1.29 is 54.1 Å². The summed E-state index contributed by atoms with van der Waals surface area (Å²) in [7, 11) is 0. The Balaban J connectivity index is 1.35. The predicted molar refractivity (Wildman–Crippen MR) is 125 cm³/mol. The molecule has 0 aliphatic carbocycles. The fraction of sp³-hybridized carbons (Fsp3) is 0.231. The predicted octanol–water partition coefficient (Wildman–Crippen LogP) is 1.36. The van der Waals surface area contributed by atoms with E-state index >= 15 is 0 Å². The Morgan fingerprint density at radius 3 is 1.76 bits per heavy atom. The fourth-order valence-corrected chi connectivity index (χ4v) is 3.47. The summed E-state index contributed by atoms with van der Waals surface area (Å²) in [5, 5.41) is 49.5. The molecule has 0 amide bonds. The third kappa shape index (κ3) is 6.35. The van der Waals surface area contributed by atoms with Crippen molar-refractivity contribution in [1.29, 1.82) is 0 Å². The number of phenols is 2. The molecule has 5 atom stereocenters. The lowest BCUT2D eigenvalue weighted by Gasteiger charge is -2.39. The molecule has 5 N–H and O–H groups in total. The number of aliphatic hydroxyl groups is 3. The van der Waals surface area contributed by atoms with Crippen LogP contribution >= 0.6 is 0 Å². The van der Waals surface area contributed by atoms with Crippen molar-refractivity contribution in [2.75, 3.05) is 6.61 Å². The van der Waals surface area contributed by atoms with E-state index in [-0.39, 0.29) is 34.1 Å². The molecule has 1 fully saturated rings. The van der Waals surface area contributed by atoms with Gasteiger partial charge in [0.15, 0.2) is 0 Å². The molecule has 0 unspecified atom stereocenters. The molecule has 3 aromatic rings. The molecule has 11 nitrogen and oxygen atoms in total. The molecule has 0 radical (unpaired) electrons. The van der Waals surface area contributed by atoms with Crippen LogP contribution in [0.25, 0.3) is 0 Å². The van der Waals surface area contributed by atoms with Crippen LogP contribution in [0.5, 0.6) is 23.0 Å². The van der Waals surface area contributed by atoms with E-state index in [1.54, 1.807) is 0 Å². The van der Waals surface area contributed by atoms with Gasteiger partial charge in [-0.2, -0.15) is 0 Å². The molecule has 194 valence electrons. The fourth-order valence-electron chi connectivity index (χ4n) is 3.47. The first-order valence-electron chi connectivity index (χ1n) is 11.1. The second-order valence-electron chi connectivity index (χ2n) is 8.19. The van der Waals surface area contributed by atoms with Crippen molar-refractivity contribution in [3.63, 3.8) is 0 Å². The molecule has 0 bridgehead atoms. The smallest absolute Gasteiger partial charge is 0.343 e. The lowest BCUT2D eigenvalue weighted by atomic mass is 9.99. The van der Waals surface area contributed by atoms with Gasteiger partial charge in [-0.1, -0.05) is 0 Å². The Labute approximate surface area is 210 Å². The Morgan fingerprint density at radius 1 is 0.676 bits per heavy atom. The average molecular weight is 512 g/mol. The summed E-state index contributed by atoms with van der Waals surface area (Å²) in [4.78, 5) is 24.4. The van der Waals surface area contributed by atoms with Crippen LogP contribution in [0.15, 0.2) is 72.8 Å². The van der Waals surface area contributed by atoms with Crippen molar-refractivity contribution in [2.24, 2.45) is 0 Å². The highest BCUT2D eigenvalue weighted by Gasteiger charge is 2.45. The molecule has 3 aromatic carbocycles. The number of esters is 2. The largest absolute Gasteiger partial charge is 0.508 e. The zero-order valence-corrected chi connectivity index (χ0v) is 19.2. The number of benzene rings is 3. The van der Waals surface area contributed by atoms with Crippen molar-refractivity contribution in [3.8, 4) is 23.0 Å². The minimum absolute atomic E-state index is 0.0144. The molecule has 1 heterocycles. The quantitative estimate of drug-likeness (QED) is 0.229. The van der Waals surface area contributed by atoms with E-state index in [9.17, 15) is 35.1 Å². The summed E-state index contributed by atoms with van der Waals surface area (Å²) in [6.07, 6.45) is -7.46. The van der Waals surface area contributed by atoms with Crippen LogP contribution in [-0.4, -0.2) is 74.8 Å². The van der Waals surface area contributed by atoms with Gasteiger partial charge in [0, 0.05) is 0 Å². The SMILES string of the molecule is O=C(OC[C@H]1O[C@@H](Oc2ccc(OC(=O)c3ccc(O)cc3)cc2)[C@H](O)[C@@H](O)[C@@H]1O)c1ccc(O)cc1. The minimum atomic E-state index is -1.65. The second-order valence-corrected chi connectivity index (χ2v) is 8.19. The van der Waals surface area contributed by atoms with Crippen LogP contribution in [0, 0.1) is 0 Å². The van der Waals surface area contributed by atoms with E-state index < -0.39 is 49.3 Å². The molecule has 11 heteroatoms. The lowest BCUT2D eigenvalue weighted by molar-refractivity contribution is -0.277. The van der Waals surface area contributed by atoms with E-state index in [4.69, 9.17) is 18.9 Å². The summed E-state index contributed by atoms with van der Waals surface area (Å²) < 4.78 is 21.5. The number of aliphatic hydroxyl groups excluding tert-OH is 3. The van der Waals surface area contributed by atoms with Crippen LogP contribution in [0.1, 0.15) is 20.7 Å². The number of hydrogen-bond acceptors (Lipinski definition) is 11. The Bertz CT molecular complexity index is 1210. The molecular formula is C26H24O11. The maximum Gasteiger partial charge on any atom is 0.343 e. The molecular weight excluding hydrogens is 488 g/mol. The number of carbonyl (C=O) groups excluding carboxylic acids is 2. The van der Waals surface area contributed by atoms with Gasteiger partial charge in [0.1, 0.15) is 54.0 Å². The number of aromatic hydroxyl groups is 2. The van der Waals surface area contributed by atoms with Crippen molar-refractivity contribution in [2.45, 2.75) is 30.7 Å². The molecule has 37 heavy (non-hydrogen) atoms. The standard InChI is InChI=1S/C26H24O11/c27-16-5-1-14(2-6-16)24(32)34-13-20-21(29)22(30)23(31)26(37-20)36-19-11-9-18(10-12-19)35-25(33)15-3-7-17(28)8-4-15/h1-12,20-23,26-31H,13H2/t20-,21-,22+,23-,26-/m1/s1. The lowest BCUT2D eigenvalue weighted by Crippen LogP contribution is -2.60.